The van der Waals surface area contributed by atoms with Gasteiger partial charge in [-0.2, -0.15) is 0 Å². The van der Waals surface area contributed by atoms with Crippen LogP contribution in [0.5, 0.6) is 0 Å². The molecule has 0 bridgehead atoms. The number of carbonyl (C=O) groups is 1. The molecule has 0 radical (unpaired) electrons. The molecule has 2 aliphatic heterocycles. The van der Waals surface area contributed by atoms with Gasteiger partial charge in [0.2, 0.25) is 0 Å². The van der Waals surface area contributed by atoms with Crippen molar-refractivity contribution < 1.29 is 14.3 Å². The average molecular weight is 332 g/mol. The van der Waals surface area contributed by atoms with E-state index in [9.17, 15) is 4.79 Å². The third kappa shape index (κ3) is 3.48. The van der Waals surface area contributed by atoms with Crippen molar-refractivity contribution in [2.75, 3.05) is 46.5 Å². The number of hydrogen-bond donors (Lipinski definition) is 0. The number of methoxy groups -OCH3 is 1. The molecule has 2 atom stereocenters. The summed E-state index contributed by atoms with van der Waals surface area (Å²) in [6, 6.07) is 6.44. The summed E-state index contributed by atoms with van der Waals surface area (Å²) >= 11 is 0. The second-order valence-corrected chi connectivity index (χ2v) is 6.80. The third-order valence-electron chi connectivity index (χ3n) is 5.34. The van der Waals surface area contributed by atoms with Crippen LogP contribution in [0.4, 0.5) is 0 Å². The fourth-order valence-electron chi connectivity index (χ4n) is 3.91. The van der Waals surface area contributed by atoms with Gasteiger partial charge in [0.25, 0.3) is 5.91 Å². The predicted octanol–water partition coefficient (Wildman–Crippen LogP) is 1.87. The fourth-order valence-corrected chi connectivity index (χ4v) is 3.91. The first-order chi connectivity index (χ1) is 11.6. The molecule has 132 valence electrons. The summed E-state index contributed by atoms with van der Waals surface area (Å²) < 4.78 is 11.1. The minimum atomic E-state index is 0.139. The van der Waals surface area contributed by atoms with Crippen molar-refractivity contribution in [3.8, 4) is 0 Å². The van der Waals surface area contributed by atoms with Gasteiger partial charge in [-0.05, 0) is 31.4 Å². The van der Waals surface area contributed by atoms with Crippen LogP contribution < -0.4 is 0 Å². The van der Waals surface area contributed by atoms with Gasteiger partial charge in [-0.1, -0.05) is 18.2 Å². The van der Waals surface area contributed by atoms with Crippen LogP contribution in [0.1, 0.15) is 27.9 Å². The second kappa shape index (κ2) is 7.64. The van der Waals surface area contributed by atoms with Gasteiger partial charge < -0.3 is 14.4 Å². The lowest BCUT2D eigenvalue weighted by Crippen LogP contribution is -2.57. The number of ether oxygens (including phenoxy) is 2. The van der Waals surface area contributed by atoms with Crippen LogP contribution in [-0.4, -0.2) is 74.4 Å². The molecule has 0 N–H and O–H groups in total. The van der Waals surface area contributed by atoms with Gasteiger partial charge in [0.05, 0.1) is 12.7 Å². The maximum atomic E-state index is 12.9. The molecular weight excluding hydrogens is 304 g/mol. The zero-order valence-corrected chi connectivity index (χ0v) is 15.0. The van der Waals surface area contributed by atoms with E-state index in [4.69, 9.17) is 9.47 Å². The number of aryl methyl sites for hydroxylation is 2. The smallest absolute Gasteiger partial charge is 0.254 e. The van der Waals surface area contributed by atoms with Crippen molar-refractivity contribution in [2.24, 2.45) is 0 Å². The Morgan fingerprint density at radius 3 is 2.46 bits per heavy atom. The van der Waals surface area contributed by atoms with E-state index in [2.05, 4.69) is 4.90 Å². The van der Waals surface area contributed by atoms with Gasteiger partial charge in [0.15, 0.2) is 0 Å². The first-order valence-corrected chi connectivity index (χ1v) is 8.82. The molecule has 2 saturated heterocycles. The van der Waals surface area contributed by atoms with E-state index in [1.807, 2.05) is 36.9 Å². The normalized spacial score (nSPS) is 25.7. The first kappa shape index (κ1) is 17.4. The molecule has 1 aromatic rings. The van der Waals surface area contributed by atoms with Crippen LogP contribution in [-0.2, 0) is 9.47 Å². The molecule has 2 fully saturated rings. The number of benzene rings is 1. The fraction of sp³-hybridized carbons (Fsp3) is 0.632. The molecule has 0 spiro atoms. The highest BCUT2D eigenvalue weighted by atomic mass is 16.5. The number of nitrogens with zero attached hydrogens (tertiary/aromatic N) is 2. The Bertz CT molecular complexity index is 562. The maximum Gasteiger partial charge on any atom is 0.254 e. The number of carbonyl (C=O) groups excluding carboxylic acids is 1. The summed E-state index contributed by atoms with van der Waals surface area (Å²) in [6.07, 6.45) is 1.14. The third-order valence-corrected chi connectivity index (χ3v) is 5.34. The highest BCUT2D eigenvalue weighted by molar-refractivity contribution is 5.97. The van der Waals surface area contributed by atoms with Crippen LogP contribution >= 0.6 is 0 Å². The summed E-state index contributed by atoms with van der Waals surface area (Å²) in [5.41, 5.74) is 2.99. The largest absolute Gasteiger partial charge is 0.379 e. The number of hydrogen-bond acceptors (Lipinski definition) is 4. The molecule has 1 amide bonds. The van der Waals surface area contributed by atoms with E-state index in [-0.39, 0.29) is 12.0 Å². The Kier molecular flexibility index (Phi) is 5.54. The standard InChI is InChI=1S/C19H28N2O3/c1-14-5-4-6-15(2)18(14)19(22)21-10-8-20(9-11-21)16-7-12-24-13-17(16)23-3/h4-6,16-17H,7-13H2,1-3H3. The maximum absolute atomic E-state index is 12.9. The Labute approximate surface area is 144 Å². The van der Waals surface area contributed by atoms with Gasteiger partial charge in [-0.3, -0.25) is 9.69 Å². The molecule has 5 nitrogen and oxygen atoms in total. The van der Waals surface area contributed by atoms with E-state index in [1.54, 1.807) is 7.11 Å². The van der Waals surface area contributed by atoms with Crippen LogP contribution in [0.3, 0.4) is 0 Å². The molecule has 5 heteroatoms. The van der Waals surface area contributed by atoms with Crippen LogP contribution in [0.15, 0.2) is 18.2 Å². The Morgan fingerprint density at radius 1 is 1.17 bits per heavy atom. The van der Waals surface area contributed by atoms with Crippen molar-refractivity contribution in [2.45, 2.75) is 32.4 Å². The summed E-state index contributed by atoms with van der Waals surface area (Å²) in [5, 5.41) is 0. The van der Waals surface area contributed by atoms with Crippen molar-refractivity contribution >= 4 is 5.91 Å². The molecule has 0 saturated carbocycles. The molecule has 0 aliphatic carbocycles. The zero-order valence-electron chi connectivity index (χ0n) is 15.0. The Hall–Kier alpha value is -1.43. The van der Waals surface area contributed by atoms with E-state index in [1.165, 1.54) is 0 Å². The molecular formula is C19H28N2O3. The van der Waals surface area contributed by atoms with Crippen LogP contribution in [0.2, 0.25) is 0 Å². The number of amides is 1. The number of rotatable bonds is 3. The lowest BCUT2D eigenvalue weighted by molar-refractivity contribution is -0.0886. The van der Waals surface area contributed by atoms with Gasteiger partial charge in [-0.25, -0.2) is 0 Å². The van der Waals surface area contributed by atoms with Crippen LogP contribution in [0.25, 0.3) is 0 Å². The monoisotopic (exact) mass is 332 g/mol. The Balaban J connectivity index is 1.63. The van der Waals surface area contributed by atoms with Crippen molar-refractivity contribution in [3.63, 3.8) is 0 Å². The molecule has 0 aromatic heterocycles. The molecule has 1 aromatic carbocycles. The summed E-state index contributed by atoms with van der Waals surface area (Å²) in [5.74, 6) is 0.167. The van der Waals surface area contributed by atoms with Crippen molar-refractivity contribution in [1.82, 2.24) is 9.80 Å². The van der Waals surface area contributed by atoms with E-state index < -0.39 is 0 Å². The molecule has 3 rings (SSSR count). The highest BCUT2D eigenvalue weighted by Gasteiger charge is 2.34. The summed E-state index contributed by atoms with van der Waals surface area (Å²) in [4.78, 5) is 17.4. The first-order valence-electron chi connectivity index (χ1n) is 8.82. The predicted molar refractivity (Wildman–Crippen MR) is 93.4 cm³/mol. The SMILES string of the molecule is COC1COCCC1N1CCN(C(=O)c2c(C)cccc2C)CC1. The minimum Gasteiger partial charge on any atom is -0.379 e. The lowest BCUT2D eigenvalue weighted by Gasteiger charge is -2.43. The van der Waals surface area contributed by atoms with Gasteiger partial charge in [-0.15, -0.1) is 0 Å². The highest BCUT2D eigenvalue weighted by Crippen LogP contribution is 2.21. The van der Waals surface area contributed by atoms with Gasteiger partial charge in [0.1, 0.15) is 0 Å². The summed E-state index contributed by atoms with van der Waals surface area (Å²) in [7, 11) is 1.76. The van der Waals surface area contributed by atoms with E-state index in [0.717, 1.165) is 55.9 Å². The lowest BCUT2D eigenvalue weighted by atomic mass is 10.0. The van der Waals surface area contributed by atoms with Crippen molar-refractivity contribution in [1.29, 1.82) is 0 Å². The minimum absolute atomic E-state index is 0.139. The second-order valence-electron chi connectivity index (χ2n) is 6.80. The molecule has 2 aliphatic rings. The summed E-state index contributed by atoms with van der Waals surface area (Å²) in [6.45, 7) is 8.86. The Morgan fingerprint density at radius 2 is 1.83 bits per heavy atom. The van der Waals surface area contributed by atoms with Gasteiger partial charge >= 0.3 is 0 Å². The van der Waals surface area contributed by atoms with Crippen molar-refractivity contribution in [3.05, 3.63) is 34.9 Å². The van der Waals surface area contributed by atoms with Crippen LogP contribution in [0, 0.1) is 13.8 Å². The van der Waals surface area contributed by atoms with E-state index >= 15 is 0 Å². The zero-order chi connectivity index (χ0) is 17.1. The topological polar surface area (TPSA) is 42.0 Å². The quantitative estimate of drug-likeness (QED) is 0.847. The van der Waals surface area contributed by atoms with E-state index in [0.29, 0.717) is 12.6 Å². The molecule has 2 unspecified atom stereocenters. The molecule has 24 heavy (non-hydrogen) atoms. The molecule has 2 heterocycles. The average Bonchev–Trinajstić information content (AvgIpc) is 2.61. The van der Waals surface area contributed by atoms with Gasteiger partial charge in [0, 0.05) is 51.5 Å². The number of piperazine rings is 1.